The van der Waals surface area contributed by atoms with Gasteiger partial charge in [0, 0.05) is 49.7 Å². The maximum absolute atomic E-state index is 12.5. The third-order valence-electron chi connectivity index (χ3n) is 8.44. The summed E-state index contributed by atoms with van der Waals surface area (Å²) in [6.07, 6.45) is 10.1. The number of anilines is 1. The van der Waals surface area contributed by atoms with E-state index in [1.165, 1.54) is 19.3 Å². The number of nitrogens with one attached hydrogen (secondary N) is 1. The molecule has 3 aliphatic rings. The van der Waals surface area contributed by atoms with Gasteiger partial charge >= 0.3 is 0 Å². The average molecular weight is 503 g/mol. The van der Waals surface area contributed by atoms with Gasteiger partial charge in [-0.15, -0.1) is 0 Å². The molecule has 2 N–H and O–H groups in total. The molecule has 1 aromatic heterocycles. The average Bonchev–Trinajstić information content (AvgIpc) is 3.28. The Morgan fingerprint density at radius 2 is 1.74 bits per heavy atom. The first kappa shape index (κ1) is 24.8. The Kier molecular flexibility index (Phi) is 8.15. The number of nitrogens with zero attached hydrogens (tertiary/aromatic N) is 3. The summed E-state index contributed by atoms with van der Waals surface area (Å²) in [5.41, 5.74) is 0.746. The second-order valence-electron chi connectivity index (χ2n) is 10.9. The maximum Gasteiger partial charge on any atom is 0.220 e. The predicted octanol–water partition coefficient (Wildman–Crippen LogP) is 4.61. The molecule has 3 fully saturated rings. The lowest BCUT2D eigenvalue weighted by atomic mass is 9.83. The zero-order valence-electron chi connectivity index (χ0n) is 20.6. The number of aliphatic hydroxyl groups excluding tert-OH is 1. The Labute approximate surface area is 213 Å². The molecule has 0 unspecified atom stereocenters. The molecular formula is C27H39ClN4O3. The molecule has 2 heterocycles. The van der Waals surface area contributed by atoms with Crippen LogP contribution in [0.1, 0.15) is 64.2 Å². The zero-order chi connectivity index (χ0) is 24.2. The third-order valence-corrected chi connectivity index (χ3v) is 8.68. The Morgan fingerprint density at radius 1 is 1.03 bits per heavy atom. The highest BCUT2D eigenvalue weighted by molar-refractivity contribution is 6.31. The van der Waals surface area contributed by atoms with Gasteiger partial charge in [-0.3, -0.25) is 9.69 Å². The number of piperazine rings is 1. The monoisotopic (exact) mass is 502 g/mol. The molecule has 8 heteroatoms. The smallest absolute Gasteiger partial charge is 0.220 e. The Morgan fingerprint density at radius 3 is 2.49 bits per heavy atom. The van der Waals surface area contributed by atoms with Gasteiger partial charge in [-0.2, -0.15) is 0 Å². The van der Waals surface area contributed by atoms with Gasteiger partial charge in [-0.25, -0.2) is 0 Å². The van der Waals surface area contributed by atoms with Crippen LogP contribution in [0.15, 0.2) is 22.7 Å². The van der Waals surface area contributed by atoms with E-state index in [2.05, 4.69) is 20.3 Å². The fraction of sp³-hybridized carbons (Fsp3) is 0.704. The van der Waals surface area contributed by atoms with E-state index in [4.69, 9.17) is 16.1 Å². The molecule has 2 aliphatic carbocycles. The summed E-state index contributed by atoms with van der Waals surface area (Å²) in [7, 11) is 0. The minimum atomic E-state index is -0.151. The number of carbonyl (C=O) groups excluding carboxylic acids is 1. The number of amides is 1. The summed E-state index contributed by atoms with van der Waals surface area (Å²) < 4.78 is 5.49. The summed E-state index contributed by atoms with van der Waals surface area (Å²) in [4.78, 5) is 17.4. The molecule has 1 saturated heterocycles. The Hall–Kier alpha value is -1.83. The minimum absolute atomic E-state index is 0.151. The van der Waals surface area contributed by atoms with Gasteiger partial charge in [-0.05, 0) is 88.3 Å². The van der Waals surface area contributed by atoms with E-state index in [1.54, 1.807) is 0 Å². The number of hydrogen-bond acceptors (Lipinski definition) is 6. The number of benzene rings is 1. The van der Waals surface area contributed by atoms with Crippen molar-refractivity contribution in [3.8, 4) is 0 Å². The first-order valence-electron chi connectivity index (χ1n) is 13.5. The second kappa shape index (κ2) is 11.5. The van der Waals surface area contributed by atoms with Gasteiger partial charge in [-0.1, -0.05) is 16.8 Å². The highest BCUT2D eigenvalue weighted by Gasteiger charge is 2.27. The molecule has 35 heavy (non-hydrogen) atoms. The first-order valence-corrected chi connectivity index (χ1v) is 13.9. The molecule has 1 aromatic carbocycles. The van der Waals surface area contributed by atoms with Gasteiger partial charge in [0.05, 0.1) is 11.5 Å². The highest BCUT2D eigenvalue weighted by Crippen LogP contribution is 2.31. The Bertz CT molecular complexity index is 974. The van der Waals surface area contributed by atoms with Crippen molar-refractivity contribution in [1.29, 1.82) is 0 Å². The van der Waals surface area contributed by atoms with E-state index >= 15 is 0 Å². The van der Waals surface area contributed by atoms with Crippen LogP contribution in [0, 0.1) is 11.8 Å². The SMILES string of the molecule is O=C(C[C@H]1CC[C@H](O)CC1)N[C@H]1CC[C@H](CCN2CCN(c3noc4cc(Cl)ccc34)CC2)CC1. The van der Waals surface area contributed by atoms with Crippen molar-refractivity contribution in [1.82, 2.24) is 15.4 Å². The van der Waals surface area contributed by atoms with E-state index < -0.39 is 0 Å². The van der Waals surface area contributed by atoms with Crippen molar-refractivity contribution in [3.05, 3.63) is 23.2 Å². The van der Waals surface area contributed by atoms with Crippen LogP contribution in [0.3, 0.4) is 0 Å². The van der Waals surface area contributed by atoms with Crippen molar-refractivity contribution >= 4 is 34.3 Å². The molecule has 5 rings (SSSR count). The minimum Gasteiger partial charge on any atom is -0.393 e. The molecular weight excluding hydrogens is 464 g/mol. The zero-order valence-corrected chi connectivity index (χ0v) is 21.4. The van der Waals surface area contributed by atoms with Crippen LogP contribution in [-0.2, 0) is 4.79 Å². The van der Waals surface area contributed by atoms with Crippen LogP contribution in [0.4, 0.5) is 5.82 Å². The molecule has 7 nitrogen and oxygen atoms in total. The van der Waals surface area contributed by atoms with E-state index in [0.717, 1.165) is 94.0 Å². The van der Waals surface area contributed by atoms with Gasteiger partial charge in [0.2, 0.25) is 5.91 Å². The van der Waals surface area contributed by atoms with Crippen molar-refractivity contribution in [2.45, 2.75) is 76.4 Å². The summed E-state index contributed by atoms with van der Waals surface area (Å²) >= 11 is 6.07. The lowest BCUT2D eigenvalue weighted by Crippen LogP contribution is -2.47. The van der Waals surface area contributed by atoms with E-state index in [1.807, 2.05) is 18.2 Å². The highest BCUT2D eigenvalue weighted by atomic mass is 35.5. The topological polar surface area (TPSA) is 81.8 Å². The summed E-state index contributed by atoms with van der Waals surface area (Å²) in [6, 6.07) is 6.07. The number of rotatable bonds is 7. The summed E-state index contributed by atoms with van der Waals surface area (Å²) in [6.45, 7) is 5.17. The molecule has 0 bridgehead atoms. The van der Waals surface area contributed by atoms with E-state index in [0.29, 0.717) is 23.4 Å². The van der Waals surface area contributed by atoms with Crippen LogP contribution >= 0.6 is 11.6 Å². The van der Waals surface area contributed by atoms with E-state index in [-0.39, 0.29) is 12.0 Å². The molecule has 0 radical (unpaired) electrons. The number of fused-ring (bicyclic) bond motifs is 1. The molecule has 2 saturated carbocycles. The molecule has 2 aromatic rings. The number of halogens is 1. The second-order valence-corrected chi connectivity index (χ2v) is 11.4. The molecule has 1 amide bonds. The van der Waals surface area contributed by atoms with E-state index in [9.17, 15) is 9.90 Å². The largest absolute Gasteiger partial charge is 0.393 e. The summed E-state index contributed by atoms with van der Waals surface area (Å²) in [5.74, 6) is 2.37. The van der Waals surface area contributed by atoms with Crippen molar-refractivity contribution < 1.29 is 14.4 Å². The Balaban J connectivity index is 0.983. The fourth-order valence-electron chi connectivity index (χ4n) is 6.17. The standard InChI is InChI=1S/C27H39ClN4O3/c28-21-5-10-24-25(18-21)35-30-27(24)32-15-13-31(14-16-32)12-11-19-1-6-22(7-2-19)29-26(34)17-20-3-8-23(33)9-4-20/h5,10,18-20,22-23,33H,1-4,6-9,11-17H2,(H,29,34)/t19-,20-,22-,23-. The normalized spacial score (nSPS) is 28.3. The number of hydrogen-bond donors (Lipinski definition) is 2. The van der Waals surface area contributed by atoms with Crippen molar-refractivity contribution in [2.75, 3.05) is 37.6 Å². The first-order chi connectivity index (χ1) is 17.0. The predicted molar refractivity (Wildman–Crippen MR) is 139 cm³/mol. The van der Waals surface area contributed by atoms with Gasteiger partial charge in [0.15, 0.2) is 11.4 Å². The van der Waals surface area contributed by atoms with Crippen LogP contribution in [0.5, 0.6) is 0 Å². The number of carbonyl (C=O) groups is 1. The lowest BCUT2D eigenvalue weighted by Gasteiger charge is -2.36. The molecule has 192 valence electrons. The van der Waals surface area contributed by atoms with Gasteiger partial charge in [0.1, 0.15) is 0 Å². The third kappa shape index (κ3) is 6.49. The maximum atomic E-state index is 12.5. The summed E-state index contributed by atoms with van der Waals surface area (Å²) in [5, 5.41) is 19.0. The fourth-order valence-corrected chi connectivity index (χ4v) is 6.33. The molecule has 1 aliphatic heterocycles. The van der Waals surface area contributed by atoms with Crippen LogP contribution in [0.2, 0.25) is 5.02 Å². The van der Waals surface area contributed by atoms with Gasteiger partial charge < -0.3 is 19.8 Å². The van der Waals surface area contributed by atoms with Crippen LogP contribution in [-0.4, -0.2) is 65.9 Å². The van der Waals surface area contributed by atoms with Crippen molar-refractivity contribution in [2.24, 2.45) is 11.8 Å². The number of aliphatic hydroxyl groups is 1. The lowest BCUT2D eigenvalue weighted by molar-refractivity contribution is -0.123. The van der Waals surface area contributed by atoms with Crippen molar-refractivity contribution in [3.63, 3.8) is 0 Å². The molecule has 0 atom stereocenters. The van der Waals surface area contributed by atoms with Crippen LogP contribution < -0.4 is 10.2 Å². The van der Waals surface area contributed by atoms with Gasteiger partial charge in [0.25, 0.3) is 0 Å². The number of aromatic nitrogens is 1. The van der Waals surface area contributed by atoms with Crippen LogP contribution in [0.25, 0.3) is 11.0 Å². The quantitative estimate of drug-likeness (QED) is 0.575. The molecule has 0 spiro atoms.